The zero-order chi connectivity index (χ0) is 11.3. The fourth-order valence-corrected chi connectivity index (χ4v) is 3.72. The molecule has 0 saturated carbocycles. The lowest BCUT2D eigenvalue weighted by Crippen LogP contribution is -2.45. The van der Waals surface area contributed by atoms with Crippen molar-refractivity contribution in [3.63, 3.8) is 0 Å². The normalized spacial score (nSPS) is 11.0. The molecule has 0 spiro atoms. The van der Waals surface area contributed by atoms with E-state index in [0.29, 0.717) is 0 Å². The van der Waals surface area contributed by atoms with Crippen LogP contribution in [-0.2, 0) is 9.47 Å². The number of allylic oxidation sites excluding steroid dienone is 1. The molecule has 15 heavy (non-hydrogen) atoms. The van der Waals surface area contributed by atoms with Crippen molar-refractivity contribution in [1.82, 2.24) is 0 Å². The molecule has 0 aliphatic carbocycles. The van der Waals surface area contributed by atoms with Crippen molar-refractivity contribution < 1.29 is 9.47 Å². The van der Waals surface area contributed by atoms with Gasteiger partial charge in [0.2, 0.25) is 0 Å². The van der Waals surface area contributed by atoms with E-state index in [1.165, 1.54) is 5.19 Å². The van der Waals surface area contributed by atoms with Gasteiger partial charge in [0.1, 0.15) is 5.91 Å². The summed E-state index contributed by atoms with van der Waals surface area (Å²) in [6.45, 7) is 6.07. The Morgan fingerprint density at radius 2 is 1.73 bits per heavy atom. The molecule has 0 aliphatic heterocycles. The van der Waals surface area contributed by atoms with Crippen LogP contribution in [0.25, 0.3) is 0 Å². The topological polar surface area (TPSA) is 18.5 Å². The SMILES string of the molecule is C=C(C)[Si](c1ccccc1)C(OC)OC. The molecule has 0 unspecified atom stereocenters. The van der Waals surface area contributed by atoms with E-state index in [0.717, 1.165) is 5.20 Å². The molecule has 0 aliphatic rings. The third kappa shape index (κ3) is 3.02. The van der Waals surface area contributed by atoms with Crippen LogP contribution in [0.4, 0.5) is 0 Å². The Hall–Kier alpha value is -0.903. The van der Waals surface area contributed by atoms with E-state index in [4.69, 9.17) is 9.47 Å². The van der Waals surface area contributed by atoms with Crippen molar-refractivity contribution in [3.05, 3.63) is 42.1 Å². The van der Waals surface area contributed by atoms with E-state index in [1.54, 1.807) is 14.2 Å². The summed E-state index contributed by atoms with van der Waals surface area (Å²) in [5.41, 5.74) is 0. The first-order valence-corrected chi connectivity index (χ1v) is 6.42. The van der Waals surface area contributed by atoms with E-state index >= 15 is 0 Å². The molecular weight excluding hydrogens is 204 g/mol. The van der Waals surface area contributed by atoms with Gasteiger partial charge in [0.25, 0.3) is 0 Å². The smallest absolute Gasteiger partial charge is 0.185 e. The fourth-order valence-electron chi connectivity index (χ4n) is 1.53. The first kappa shape index (κ1) is 12.2. The minimum Gasteiger partial charge on any atom is -0.359 e. The van der Waals surface area contributed by atoms with Gasteiger partial charge >= 0.3 is 0 Å². The Morgan fingerprint density at radius 3 is 2.13 bits per heavy atom. The van der Waals surface area contributed by atoms with Crippen molar-refractivity contribution in [2.24, 2.45) is 0 Å². The minimum absolute atomic E-state index is 0.171. The lowest BCUT2D eigenvalue weighted by atomic mass is 10.4. The van der Waals surface area contributed by atoms with Crippen LogP contribution in [0.15, 0.2) is 42.1 Å². The van der Waals surface area contributed by atoms with Gasteiger partial charge in [0, 0.05) is 14.2 Å². The van der Waals surface area contributed by atoms with Gasteiger partial charge in [-0.05, 0) is 6.92 Å². The third-order valence-electron chi connectivity index (χ3n) is 2.21. The van der Waals surface area contributed by atoms with Gasteiger partial charge in [-0.3, -0.25) is 0 Å². The summed E-state index contributed by atoms with van der Waals surface area (Å²) in [5.74, 6) is -0.171. The molecule has 81 valence electrons. The average Bonchev–Trinajstić information content (AvgIpc) is 2.26. The molecule has 0 N–H and O–H groups in total. The second-order valence-electron chi connectivity index (χ2n) is 3.36. The Kier molecular flexibility index (Phi) is 4.75. The molecule has 0 amide bonds. The summed E-state index contributed by atoms with van der Waals surface area (Å²) in [6, 6.07) is 10.3. The van der Waals surface area contributed by atoms with Crippen LogP contribution in [0.3, 0.4) is 0 Å². The van der Waals surface area contributed by atoms with E-state index in [-0.39, 0.29) is 5.91 Å². The number of hydrogen-bond acceptors (Lipinski definition) is 2. The molecule has 0 aromatic heterocycles. The van der Waals surface area contributed by atoms with Crippen molar-refractivity contribution >= 4 is 14.0 Å². The monoisotopic (exact) mass is 221 g/mol. The van der Waals surface area contributed by atoms with E-state index in [9.17, 15) is 0 Å². The zero-order valence-corrected chi connectivity index (χ0v) is 10.5. The van der Waals surface area contributed by atoms with Crippen molar-refractivity contribution in [2.45, 2.75) is 12.8 Å². The maximum Gasteiger partial charge on any atom is 0.185 e. The zero-order valence-electron chi connectivity index (χ0n) is 9.49. The highest BCUT2D eigenvalue weighted by Gasteiger charge is 2.26. The Bertz CT molecular complexity index is 307. The van der Waals surface area contributed by atoms with Crippen LogP contribution in [0, 0.1) is 0 Å². The molecule has 0 bridgehead atoms. The number of methoxy groups -OCH3 is 2. The molecule has 3 heteroatoms. The summed E-state index contributed by atoms with van der Waals surface area (Å²) in [7, 11) is 2.32. The molecule has 1 aromatic carbocycles. The van der Waals surface area contributed by atoms with Crippen LogP contribution in [0.1, 0.15) is 6.92 Å². The van der Waals surface area contributed by atoms with Gasteiger partial charge in [0.05, 0.1) is 0 Å². The first-order valence-electron chi connectivity index (χ1n) is 4.84. The van der Waals surface area contributed by atoms with E-state index in [1.807, 2.05) is 25.1 Å². The molecule has 1 rings (SSSR count). The lowest BCUT2D eigenvalue weighted by Gasteiger charge is -2.23. The van der Waals surface area contributed by atoms with Gasteiger partial charge in [-0.15, -0.1) is 6.58 Å². The number of benzene rings is 1. The van der Waals surface area contributed by atoms with E-state index in [2.05, 4.69) is 18.7 Å². The minimum atomic E-state index is -1.02. The highest BCUT2D eigenvalue weighted by molar-refractivity contribution is 6.80. The average molecular weight is 221 g/mol. The van der Waals surface area contributed by atoms with E-state index < -0.39 is 8.80 Å². The highest BCUT2D eigenvalue weighted by atomic mass is 28.3. The summed E-state index contributed by atoms with van der Waals surface area (Å²) in [4.78, 5) is 0. The molecule has 0 fully saturated rings. The molecule has 1 aromatic rings. The van der Waals surface area contributed by atoms with Crippen LogP contribution in [0.5, 0.6) is 0 Å². The second kappa shape index (κ2) is 5.85. The third-order valence-corrected chi connectivity index (χ3v) is 5.03. The maximum absolute atomic E-state index is 5.34. The standard InChI is InChI=1S/C12H17O2Si/c1-10(2)15(12(13-3)14-4)11-8-6-5-7-9-11/h5-9,12H,1H2,2-4H3. The number of hydrogen-bond donors (Lipinski definition) is 0. The van der Waals surface area contributed by atoms with Gasteiger partial charge < -0.3 is 9.47 Å². The van der Waals surface area contributed by atoms with Crippen molar-refractivity contribution in [3.8, 4) is 0 Å². The van der Waals surface area contributed by atoms with Gasteiger partial charge in [-0.25, -0.2) is 0 Å². The Morgan fingerprint density at radius 1 is 1.20 bits per heavy atom. The summed E-state index contributed by atoms with van der Waals surface area (Å²) in [6.07, 6.45) is 0. The van der Waals surface area contributed by atoms with Crippen LogP contribution >= 0.6 is 0 Å². The first-order chi connectivity index (χ1) is 7.20. The number of ether oxygens (including phenoxy) is 2. The van der Waals surface area contributed by atoms with Crippen molar-refractivity contribution in [2.75, 3.05) is 14.2 Å². The van der Waals surface area contributed by atoms with Gasteiger partial charge in [-0.1, -0.05) is 40.7 Å². The summed E-state index contributed by atoms with van der Waals surface area (Å²) in [5, 5.41) is 2.41. The lowest BCUT2D eigenvalue weighted by molar-refractivity contribution is -0.0453. The molecular formula is C12H17O2Si. The molecule has 2 nitrogen and oxygen atoms in total. The fraction of sp³-hybridized carbons (Fsp3) is 0.333. The predicted octanol–water partition coefficient (Wildman–Crippen LogP) is 1.66. The molecule has 1 radical (unpaired) electrons. The predicted molar refractivity (Wildman–Crippen MR) is 64.5 cm³/mol. The van der Waals surface area contributed by atoms with Crippen molar-refractivity contribution in [1.29, 1.82) is 0 Å². The largest absolute Gasteiger partial charge is 0.359 e. The number of rotatable bonds is 5. The second-order valence-corrected chi connectivity index (χ2v) is 6.09. The quantitative estimate of drug-likeness (QED) is 0.556. The molecule has 0 saturated heterocycles. The maximum atomic E-state index is 5.34. The Labute approximate surface area is 93.1 Å². The molecule has 0 heterocycles. The Balaban J connectivity index is 2.97. The highest BCUT2D eigenvalue weighted by Crippen LogP contribution is 2.07. The van der Waals surface area contributed by atoms with Crippen LogP contribution in [-0.4, -0.2) is 28.9 Å². The summed E-state index contributed by atoms with van der Waals surface area (Å²) >= 11 is 0. The molecule has 0 atom stereocenters. The van der Waals surface area contributed by atoms with Gasteiger partial charge in [0.15, 0.2) is 8.80 Å². The summed E-state index contributed by atoms with van der Waals surface area (Å²) < 4.78 is 10.7. The van der Waals surface area contributed by atoms with Crippen LogP contribution < -0.4 is 5.19 Å². The van der Waals surface area contributed by atoms with Crippen LogP contribution in [0.2, 0.25) is 0 Å². The van der Waals surface area contributed by atoms with Gasteiger partial charge in [-0.2, -0.15) is 0 Å².